The second-order valence-electron chi connectivity index (χ2n) is 14.3. The molecule has 39 heavy (non-hydrogen) atoms. The Bertz CT molecular complexity index is 1150. The van der Waals surface area contributed by atoms with Crippen molar-refractivity contribution in [2.75, 3.05) is 0 Å². The normalized spacial score (nSPS) is 43.7. The van der Waals surface area contributed by atoms with E-state index >= 15 is 0 Å². The Morgan fingerprint density at radius 3 is 2.23 bits per heavy atom. The van der Waals surface area contributed by atoms with Crippen LogP contribution in [0.1, 0.15) is 87.0 Å². The maximum absolute atomic E-state index is 14.2. The second kappa shape index (κ2) is 9.03. The van der Waals surface area contributed by atoms with Crippen LogP contribution in [-0.2, 0) is 19.2 Å². The Morgan fingerprint density at radius 1 is 1.08 bits per heavy atom. The van der Waals surface area contributed by atoms with Crippen LogP contribution in [0.2, 0.25) is 0 Å². The van der Waals surface area contributed by atoms with Crippen molar-refractivity contribution < 1.29 is 44.7 Å². The van der Waals surface area contributed by atoms with Gasteiger partial charge < -0.3 is 25.5 Å². The Kier molecular flexibility index (Phi) is 6.95. The number of aliphatic carboxylic acids is 1. The van der Waals surface area contributed by atoms with Gasteiger partial charge >= 0.3 is 5.97 Å². The van der Waals surface area contributed by atoms with Crippen LogP contribution in [0.5, 0.6) is 0 Å². The third-order valence-electron chi connectivity index (χ3n) is 11.7. The van der Waals surface area contributed by atoms with Gasteiger partial charge in [-0.05, 0) is 55.4 Å². The summed E-state index contributed by atoms with van der Waals surface area (Å²) in [6.45, 7) is 11.8. The molecular weight excluding hydrogens is 504 g/mol. The van der Waals surface area contributed by atoms with E-state index in [0.29, 0.717) is 18.4 Å². The van der Waals surface area contributed by atoms with Gasteiger partial charge in [-0.1, -0.05) is 34.6 Å². The monoisotopic (exact) mass is 548 g/mol. The van der Waals surface area contributed by atoms with Gasteiger partial charge in [0.15, 0.2) is 5.78 Å². The van der Waals surface area contributed by atoms with Gasteiger partial charge in [0.2, 0.25) is 0 Å². The predicted octanol–water partition coefficient (Wildman–Crippen LogP) is 2.22. The fraction of sp³-hybridized carbons (Fsp3) is 0.800. The van der Waals surface area contributed by atoms with Gasteiger partial charge in [0.1, 0.15) is 17.7 Å². The topological polar surface area (TPSA) is 169 Å². The number of carbonyl (C=O) groups is 4. The van der Waals surface area contributed by atoms with Crippen molar-refractivity contribution in [3.05, 3.63) is 11.1 Å². The first-order valence-corrected chi connectivity index (χ1v) is 14.0. The highest BCUT2D eigenvalue weighted by Crippen LogP contribution is 2.71. The molecule has 9 heteroatoms. The zero-order valence-electron chi connectivity index (χ0n) is 24.1. The highest BCUT2D eigenvalue weighted by atomic mass is 16.4. The van der Waals surface area contributed by atoms with Crippen molar-refractivity contribution in [2.45, 2.75) is 111 Å². The molecule has 0 heterocycles. The summed E-state index contributed by atoms with van der Waals surface area (Å²) in [5.74, 6) is -4.74. The van der Waals surface area contributed by atoms with Crippen molar-refractivity contribution in [3.8, 4) is 0 Å². The lowest BCUT2D eigenvalue weighted by atomic mass is 9.41. The predicted molar refractivity (Wildman–Crippen MR) is 140 cm³/mol. The average molecular weight is 549 g/mol. The lowest BCUT2D eigenvalue weighted by Crippen LogP contribution is -2.66. The fourth-order valence-electron chi connectivity index (χ4n) is 9.16. The number of fused-ring (bicyclic) bond motifs is 4. The molecule has 4 aliphatic rings. The number of carboxylic acid groups (broad SMARTS) is 1. The summed E-state index contributed by atoms with van der Waals surface area (Å²) >= 11 is 0. The van der Waals surface area contributed by atoms with Crippen LogP contribution in [0.15, 0.2) is 11.1 Å². The minimum Gasteiger partial charge on any atom is -0.481 e. The van der Waals surface area contributed by atoms with Crippen molar-refractivity contribution in [3.63, 3.8) is 0 Å². The first kappa shape index (κ1) is 30.0. The first-order chi connectivity index (χ1) is 17.7. The van der Waals surface area contributed by atoms with Crippen molar-refractivity contribution >= 4 is 23.3 Å². The lowest BCUT2D eigenvalue weighted by molar-refractivity contribution is -0.169. The standard InChI is InChI=1S/C30H44O9/c1-14(25(37)38)10-15(31)13-28(5,39)18-12-20(34)30(7)21-16(32)11-17-26(2,3)19(33)8-9-27(17,4)22(21)23(35)24(36)29(18,30)6/h14,16-19,24,32-33,36,39H,8-13H2,1-7H3,(H,37,38)/t14-,16+,17+,18-,19+,24-,27+,28+,29+,30+/m1/s1. The Balaban J connectivity index is 1.83. The van der Waals surface area contributed by atoms with E-state index in [1.807, 2.05) is 20.8 Å². The van der Waals surface area contributed by atoms with Gasteiger partial charge in [0.05, 0.1) is 29.1 Å². The van der Waals surface area contributed by atoms with E-state index < -0.39 is 81.4 Å². The number of carbonyl (C=O) groups excluding carboxylic acids is 3. The smallest absolute Gasteiger partial charge is 0.306 e. The van der Waals surface area contributed by atoms with Gasteiger partial charge in [0.25, 0.3) is 0 Å². The summed E-state index contributed by atoms with van der Waals surface area (Å²) in [6.07, 6.45) is -3.25. The van der Waals surface area contributed by atoms with E-state index in [1.54, 1.807) is 13.8 Å². The number of Topliss-reactive ketones (excluding diaryl/α,β-unsaturated/α-hetero) is 3. The average Bonchev–Trinajstić information content (AvgIpc) is 3.04. The molecule has 9 nitrogen and oxygen atoms in total. The minimum absolute atomic E-state index is 0.208. The van der Waals surface area contributed by atoms with Crippen LogP contribution in [0.3, 0.4) is 0 Å². The van der Waals surface area contributed by atoms with Gasteiger partial charge in [-0.3, -0.25) is 19.2 Å². The number of hydrogen-bond acceptors (Lipinski definition) is 8. The summed E-state index contributed by atoms with van der Waals surface area (Å²) in [7, 11) is 0. The summed E-state index contributed by atoms with van der Waals surface area (Å²) in [5.41, 5.74) is -5.62. The maximum atomic E-state index is 14.2. The Labute approximate surface area is 229 Å². The third-order valence-corrected chi connectivity index (χ3v) is 11.7. The van der Waals surface area contributed by atoms with E-state index in [1.165, 1.54) is 13.8 Å². The van der Waals surface area contributed by atoms with Crippen molar-refractivity contribution in [1.82, 2.24) is 0 Å². The molecule has 0 radical (unpaired) electrons. The quantitative estimate of drug-likeness (QED) is 0.334. The van der Waals surface area contributed by atoms with Crippen LogP contribution in [0.4, 0.5) is 0 Å². The molecule has 0 aromatic rings. The molecule has 5 N–H and O–H groups in total. The molecule has 2 fully saturated rings. The zero-order chi connectivity index (χ0) is 29.7. The van der Waals surface area contributed by atoms with Gasteiger partial charge in [-0.15, -0.1) is 0 Å². The van der Waals surface area contributed by atoms with Crippen molar-refractivity contribution in [2.24, 2.45) is 39.4 Å². The largest absolute Gasteiger partial charge is 0.481 e. The number of carboxylic acids is 1. The molecule has 0 spiro atoms. The number of rotatable bonds is 6. The van der Waals surface area contributed by atoms with Crippen LogP contribution in [0.25, 0.3) is 0 Å². The number of aliphatic hydroxyl groups excluding tert-OH is 3. The zero-order valence-corrected chi connectivity index (χ0v) is 24.1. The second-order valence-corrected chi connectivity index (χ2v) is 14.3. The maximum Gasteiger partial charge on any atom is 0.306 e. The lowest BCUT2D eigenvalue weighted by Gasteiger charge is -2.62. The van der Waals surface area contributed by atoms with Crippen LogP contribution >= 0.6 is 0 Å². The molecule has 0 aromatic carbocycles. The minimum atomic E-state index is -1.82. The highest BCUT2D eigenvalue weighted by Gasteiger charge is 2.74. The fourth-order valence-corrected chi connectivity index (χ4v) is 9.16. The molecule has 4 rings (SSSR count). The molecule has 218 valence electrons. The molecule has 2 saturated carbocycles. The van der Waals surface area contributed by atoms with E-state index in [4.69, 9.17) is 0 Å². The van der Waals surface area contributed by atoms with Crippen LogP contribution in [0, 0.1) is 39.4 Å². The molecular formula is C30H44O9. The van der Waals surface area contributed by atoms with Crippen LogP contribution in [-0.4, -0.2) is 72.8 Å². The van der Waals surface area contributed by atoms with Gasteiger partial charge in [-0.2, -0.15) is 0 Å². The van der Waals surface area contributed by atoms with Gasteiger partial charge in [-0.25, -0.2) is 0 Å². The Hall–Kier alpha value is -1.94. The molecule has 4 aliphatic carbocycles. The van der Waals surface area contributed by atoms with Crippen LogP contribution < -0.4 is 0 Å². The van der Waals surface area contributed by atoms with E-state index in [0.717, 1.165) is 0 Å². The Morgan fingerprint density at radius 2 is 1.67 bits per heavy atom. The first-order valence-electron chi connectivity index (χ1n) is 14.0. The molecule has 0 aromatic heterocycles. The van der Waals surface area contributed by atoms with E-state index in [2.05, 4.69) is 0 Å². The van der Waals surface area contributed by atoms with Crippen molar-refractivity contribution in [1.29, 1.82) is 0 Å². The molecule has 0 amide bonds. The number of hydrogen-bond donors (Lipinski definition) is 5. The molecule has 0 saturated heterocycles. The summed E-state index contributed by atoms with van der Waals surface area (Å²) in [6, 6.07) is 0. The summed E-state index contributed by atoms with van der Waals surface area (Å²) in [4.78, 5) is 52.1. The SMILES string of the molecule is C[C@H](CC(=O)C[C@](C)(O)[C@H]1CC(=O)[C@@]2(C)C3=C(C(=O)[C@@H](O)[C@]12C)[C@@]1(C)CC[C@H](O)C(C)(C)[C@@H]1C[C@@H]3O)C(=O)O. The number of ketones is 3. The molecule has 0 unspecified atom stereocenters. The molecule has 0 aliphatic heterocycles. The van der Waals surface area contributed by atoms with Gasteiger partial charge in [0, 0.05) is 36.2 Å². The third kappa shape index (κ3) is 3.86. The van der Waals surface area contributed by atoms with E-state index in [9.17, 15) is 44.7 Å². The van der Waals surface area contributed by atoms with E-state index in [-0.39, 0.29) is 36.5 Å². The molecule has 0 bridgehead atoms. The summed E-state index contributed by atoms with van der Waals surface area (Å²) in [5, 5.41) is 54.9. The summed E-state index contributed by atoms with van der Waals surface area (Å²) < 4.78 is 0. The highest BCUT2D eigenvalue weighted by molar-refractivity contribution is 6.08. The molecule has 10 atom stereocenters. The number of aliphatic hydroxyl groups is 4.